The molecule has 5 heteroatoms. The highest BCUT2D eigenvalue weighted by Crippen LogP contribution is 2.20. The number of carbonyl (C=O) groups excluding carboxylic acids is 1. The molecule has 4 nitrogen and oxygen atoms in total. The molecule has 2 aromatic rings. The van der Waals surface area contributed by atoms with Crippen molar-refractivity contribution in [1.82, 2.24) is 4.98 Å². The lowest BCUT2D eigenvalue weighted by atomic mass is 10.2. The molecule has 92 valence electrons. The van der Waals surface area contributed by atoms with E-state index in [1.807, 2.05) is 6.07 Å². The van der Waals surface area contributed by atoms with Crippen molar-refractivity contribution in [2.24, 2.45) is 0 Å². The molecule has 2 N–H and O–H groups in total. The van der Waals surface area contributed by atoms with Crippen LogP contribution >= 0.6 is 15.9 Å². The van der Waals surface area contributed by atoms with Gasteiger partial charge in [0.05, 0.1) is 11.3 Å². The van der Waals surface area contributed by atoms with Crippen molar-refractivity contribution < 1.29 is 9.53 Å². The van der Waals surface area contributed by atoms with Gasteiger partial charge in [0.1, 0.15) is 6.61 Å². The number of aromatic nitrogens is 1. The van der Waals surface area contributed by atoms with Crippen LogP contribution in [0.15, 0.2) is 47.1 Å². The number of carbonyl (C=O) groups is 1. The minimum atomic E-state index is -0.431. The standard InChI is InChI=1S/C13H11BrN2O2/c14-12-5-4-9(15)7-11(12)13(17)18-8-10-3-1-2-6-16-10/h1-7H,8,15H2. The average molecular weight is 307 g/mol. The van der Waals surface area contributed by atoms with E-state index in [4.69, 9.17) is 10.5 Å². The van der Waals surface area contributed by atoms with Crippen LogP contribution in [0.25, 0.3) is 0 Å². The van der Waals surface area contributed by atoms with Crippen LogP contribution in [0.3, 0.4) is 0 Å². The van der Waals surface area contributed by atoms with Gasteiger partial charge in [-0.1, -0.05) is 6.07 Å². The molecule has 1 aromatic heterocycles. The molecular formula is C13H11BrN2O2. The zero-order chi connectivity index (χ0) is 13.0. The Kier molecular flexibility index (Phi) is 3.94. The molecule has 0 amide bonds. The number of hydrogen-bond donors (Lipinski definition) is 1. The van der Waals surface area contributed by atoms with Gasteiger partial charge in [-0.25, -0.2) is 4.79 Å². The van der Waals surface area contributed by atoms with Crippen molar-refractivity contribution in [3.63, 3.8) is 0 Å². The summed E-state index contributed by atoms with van der Waals surface area (Å²) in [4.78, 5) is 15.9. The normalized spacial score (nSPS) is 10.1. The van der Waals surface area contributed by atoms with Crippen LogP contribution in [0.4, 0.5) is 5.69 Å². The summed E-state index contributed by atoms with van der Waals surface area (Å²) >= 11 is 3.29. The fourth-order valence-electron chi connectivity index (χ4n) is 1.40. The summed E-state index contributed by atoms with van der Waals surface area (Å²) in [5, 5.41) is 0. The van der Waals surface area contributed by atoms with Crippen molar-refractivity contribution in [3.05, 3.63) is 58.3 Å². The van der Waals surface area contributed by atoms with Crippen LogP contribution < -0.4 is 5.73 Å². The van der Waals surface area contributed by atoms with Crippen molar-refractivity contribution in [3.8, 4) is 0 Å². The van der Waals surface area contributed by atoms with E-state index >= 15 is 0 Å². The van der Waals surface area contributed by atoms with E-state index in [0.29, 0.717) is 21.4 Å². The predicted molar refractivity (Wildman–Crippen MR) is 71.9 cm³/mol. The first-order valence-electron chi connectivity index (χ1n) is 5.29. The Bertz CT molecular complexity index is 558. The lowest BCUT2D eigenvalue weighted by molar-refractivity contribution is 0.0466. The number of nitrogen functional groups attached to an aromatic ring is 1. The number of pyridine rings is 1. The maximum Gasteiger partial charge on any atom is 0.339 e. The average Bonchev–Trinajstić information content (AvgIpc) is 2.40. The summed E-state index contributed by atoms with van der Waals surface area (Å²) < 4.78 is 5.82. The minimum absolute atomic E-state index is 0.140. The minimum Gasteiger partial charge on any atom is -0.456 e. The molecule has 0 bridgehead atoms. The highest BCUT2D eigenvalue weighted by Gasteiger charge is 2.12. The Balaban J connectivity index is 2.06. The van der Waals surface area contributed by atoms with E-state index in [9.17, 15) is 4.79 Å². The highest BCUT2D eigenvalue weighted by molar-refractivity contribution is 9.10. The van der Waals surface area contributed by atoms with E-state index in [1.54, 1.807) is 36.5 Å². The van der Waals surface area contributed by atoms with Crippen molar-refractivity contribution in [2.75, 3.05) is 5.73 Å². The second-order valence-corrected chi connectivity index (χ2v) is 4.49. The van der Waals surface area contributed by atoms with Gasteiger partial charge in [-0.15, -0.1) is 0 Å². The van der Waals surface area contributed by atoms with E-state index in [2.05, 4.69) is 20.9 Å². The molecular weight excluding hydrogens is 296 g/mol. The summed E-state index contributed by atoms with van der Waals surface area (Å²) in [6.45, 7) is 0.140. The van der Waals surface area contributed by atoms with Crippen LogP contribution in [-0.2, 0) is 11.3 Å². The van der Waals surface area contributed by atoms with Crippen molar-refractivity contribution >= 4 is 27.6 Å². The van der Waals surface area contributed by atoms with Gasteiger partial charge in [-0.05, 0) is 46.3 Å². The fraction of sp³-hybridized carbons (Fsp3) is 0.0769. The van der Waals surface area contributed by atoms with Gasteiger partial charge >= 0.3 is 5.97 Å². The van der Waals surface area contributed by atoms with Gasteiger partial charge in [-0.3, -0.25) is 4.98 Å². The molecule has 1 heterocycles. The number of nitrogens with two attached hydrogens (primary N) is 1. The molecule has 0 fully saturated rings. The van der Waals surface area contributed by atoms with E-state index in [0.717, 1.165) is 0 Å². The summed E-state index contributed by atoms with van der Waals surface area (Å²) in [5.41, 5.74) is 7.26. The lowest BCUT2D eigenvalue weighted by Crippen LogP contribution is -2.07. The smallest absolute Gasteiger partial charge is 0.339 e. The Labute approximate surface area is 113 Å². The monoisotopic (exact) mass is 306 g/mol. The zero-order valence-corrected chi connectivity index (χ0v) is 11.1. The number of ether oxygens (including phenoxy) is 1. The number of esters is 1. The third-order valence-corrected chi connectivity index (χ3v) is 2.98. The maximum atomic E-state index is 11.9. The molecule has 0 spiro atoms. The van der Waals surface area contributed by atoms with Crippen LogP contribution in [0.5, 0.6) is 0 Å². The van der Waals surface area contributed by atoms with Crippen LogP contribution in [-0.4, -0.2) is 11.0 Å². The third kappa shape index (κ3) is 3.07. The number of anilines is 1. The van der Waals surface area contributed by atoms with Crippen LogP contribution in [0.1, 0.15) is 16.1 Å². The molecule has 0 aliphatic rings. The van der Waals surface area contributed by atoms with Gasteiger partial charge in [0.15, 0.2) is 0 Å². The Hall–Kier alpha value is -1.88. The second-order valence-electron chi connectivity index (χ2n) is 3.64. The fourth-order valence-corrected chi connectivity index (χ4v) is 1.81. The molecule has 0 atom stereocenters. The number of nitrogens with zero attached hydrogens (tertiary/aromatic N) is 1. The third-order valence-electron chi connectivity index (χ3n) is 2.29. The quantitative estimate of drug-likeness (QED) is 0.699. The summed E-state index contributed by atoms with van der Waals surface area (Å²) in [7, 11) is 0. The molecule has 0 unspecified atom stereocenters. The molecule has 0 saturated carbocycles. The molecule has 0 aliphatic carbocycles. The molecule has 0 saturated heterocycles. The Morgan fingerprint density at radius 1 is 1.33 bits per heavy atom. The van der Waals surface area contributed by atoms with E-state index < -0.39 is 5.97 Å². The topological polar surface area (TPSA) is 65.2 Å². The number of halogens is 1. The van der Waals surface area contributed by atoms with Gasteiger partial charge in [0.25, 0.3) is 0 Å². The molecule has 1 aromatic carbocycles. The first-order chi connectivity index (χ1) is 8.66. The molecule has 18 heavy (non-hydrogen) atoms. The molecule has 0 aliphatic heterocycles. The van der Waals surface area contributed by atoms with Crippen molar-refractivity contribution in [2.45, 2.75) is 6.61 Å². The largest absolute Gasteiger partial charge is 0.456 e. The SMILES string of the molecule is Nc1ccc(Br)c(C(=O)OCc2ccccn2)c1. The first-order valence-corrected chi connectivity index (χ1v) is 6.08. The first kappa shape index (κ1) is 12.6. The number of benzene rings is 1. The lowest BCUT2D eigenvalue weighted by Gasteiger charge is -2.06. The summed E-state index contributed by atoms with van der Waals surface area (Å²) in [6, 6.07) is 10.4. The second kappa shape index (κ2) is 5.64. The van der Waals surface area contributed by atoms with Crippen LogP contribution in [0, 0.1) is 0 Å². The van der Waals surface area contributed by atoms with Gasteiger partial charge in [0.2, 0.25) is 0 Å². The van der Waals surface area contributed by atoms with Gasteiger partial charge < -0.3 is 10.5 Å². The summed E-state index contributed by atoms with van der Waals surface area (Å²) in [6.07, 6.45) is 1.65. The molecule has 0 radical (unpaired) electrons. The Morgan fingerprint density at radius 3 is 2.89 bits per heavy atom. The van der Waals surface area contributed by atoms with Gasteiger partial charge in [0, 0.05) is 16.4 Å². The Morgan fingerprint density at radius 2 is 2.17 bits per heavy atom. The zero-order valence-electron chi connectivity index (χ0n) is 9.47. The number of hydrogen-bond acceptors (Lipinski definition) is 4. The maximum absolute atomic E-state index is 11.9. The predicted octanol–water partition coefficient (Wildman–Crippen LogP) is 2.78. The highest BCUT2D eigenvalue weighted by atomic mass is 79.9. The van der Waals surface area contributed by atoms with Crippen molar-refractivity contribution in [1.29, 1.82) is 0 Å². The van der Waals surface area contributed by atoms with Gasteiger partial charge in [-0.2, -0.15) is 0 Å². The number of rotatable bonds is 3. The molecule has 2 rings (SSSR count). The van der Waals surface area contributed by atoms with E-state index in [-0.39, 0.29) is 6.61 Å². The van der Waals surface area contributed by atoms with Crippen LogP contribution in [0.2, 0.25) is 0 Å². The summed E-state index contributed by atoms with van der Waals surface area (Å²) in [5.74, 6) is -0.431. The van der Waals surface area contributed by atoms with E-state index in [1.165, 1.54) is 0 Å².